The number of nitrogens with zero attached hydrogens (tertiary/aromatic N) is 1. The fourth-order valence-electron chi connectivity index (χ4n) is 3.41. The zero-order valence-corrected chi connectivity index (χ0v) is 13.9. The third-order valence-electron chi connectivity index (χ3n) is 4.64. The summed E-state index contributed by atoms with van der Waals surface area (Å²) < 4.78 is 0. The van der Waals surface area contributed by atoms with Gasteiger partial charge in [0.25, 0.3) is 0 Å². The maximum atomic E-state index is 5.66. The van der Waals surface area contributed by atoms with Gasteiger partial charge < -0.3 is 20.9 Å². The minimum absolute atomic E-state index is 0.515. The summed E-state index contributed by atoms with van der Waals surface area (Å²) >= 11 is 5.66. The van der Waals surface area contributed by atoms with E-state index in [4.69, 9.17) is 12.2 Å². The van der Waals surface area contributed by atoms with Gasteiger partial charge in [-0.1, -0.05) is 6.08 Å². The SMILES string of the molecule is CC1CCCN1C(=S)Nc1cc2c(c3c1=CC=CN3)NC=CC=2. The van der Waals surface area contributed by atoms with Crippen molar-refractivity contribution in [2.75, 3.05) is 22.5 Å². The quantitative estimate of drug-likeness (QED) is 0.692. The van der Waals surface area contributed by atoms with E-state index in [1.165, 1.54) is 12.8 Å². The van der Waals surface area contributed by atoms with Gasteiger partial charge in [-0.15, -0.1) is 0 Å². The van der Waals surface area contributed by atoms with E-state index < -0.39 is 0 Å². The van der Waals surface area contributed by atoms with Crippen molar-refractivity contribution >= 4 is 46.5 Å². The van der Waals surface area contributed by atoms with E-state index in [9.17, 15) is 0 Å². The molecule has 1 aromatic rings. The van der Waals surface area contributed by atoms with Crippen molar-refractivity contribution in [3.05, 3.63) is 41.1 Å². The van der Waals surface area contributed by atoms with Gasteiger partial charge >= 0.3 is 0 Å². The Morgan fingerprint density at radius 3 is 2.78 bits per heavy atom. The fourth-order valence-corrected chi connectivity index (χ4v) is 3.79. The van der Waals surface area contributed by atoms with Crippen LogP contribution in [0, 0.1) is 0 Å². The molecular weight excluding hydrogens is 304 g/mol. The Balaban J connectivity index is 1.76. The van der Waals surface area contributed by atoms with Crippen LogP contribution in [0.1, 0.15) is 19.8 Å². The van der Waals surface area contributed by atoms with Gasteiger partial charge in [-0.2, -0.15) is 0 Å². The summed E-state index contributed by atoms with van der Waals surface area (Å²) in [7, 11) is 0. The number of hydrogen-bond donors (Lipinski definition) is 3. The molecule has 3 N–H and O–H groups in total. The van der Waals surface area contributed by atoms with Crippen molar-refractivity contribution in [2.24, 2.45) is 0 Å². The first-order valence-electron chi connectivity index (χ1n) is 8.05. The lowest BCUT2D eigenvalue weighted by molar-refractivity contribution is 0.421. The molecule has 1 unspecified atom stereocenters. The second-order valence-corrected chi connectivity index (χ2v) is 6.52. The third-order valence-corrected chi connectivity index (χ3v) is 4.98. The highest BCUT2D eigenvalue weighted by atomic mass is 32.1. The van der Waals surface area contributed by atoms with E-state index in [1.807, 2.05) is 24.6 Å². The molecule has 23 heavy (non-hydrogen) atoms. The number of rotatable bonds is 1. The van der Waals surface area contributed by atoms with Gasteiger partial charge in [-0.3, -0.25) is 0 Å². The second kappa shape index (κ2) is 5.74. The van der Waals surface area contributed by atoms with Crippen LogP contribution in [-0.2, 0) is 0 Å². The van der Waals surface area contributed by atoms with Crippen LogP contribution >= 0.6 is 12.2 Å². The summed E-state index contributed by atoms with van der Waals surface area (Å²) in [6, 6.07) is 2.68. The molecular formula is C18H20N4S. The van der Waals surface area contributed by atoms with Crippen LogP contribution in [0.5, 0.6) is 0 Å². The smallest absolute Gasteiger partial charge is 0.173 e. The number of likely N-dealkylation sites (tertiary alicyclic amines) is 1. The van der Waals surface area contributed by atoms with Gasteiger partial charge in [0.05, 0.1) is 17.1 Å². The van der Waals surface area contributed by atoms with Gasteiger partial charge in [-0.05, 0) is 56.3 Å². The average molecular weight is 324 g/mol. The van der Waals surface area contributed by atoms with Crippen LogP contribution in [0.3, 0.4) is 0 Å². The molecule has 118 valence electrons. The number of nitrogens with one attached hydrogen (secondary N) is 3. The largest absolute Gasteiger partial charge is 0.359 e. The lowest BCUT2D eigenvalue weighted by Gasteiger charge is -2.26. The van der Waals surface area contributed by atoms with E-state index in [0.29, 0.717) is 6.04 Å². The molecule has 3 aliphatic rings. The molecule has 0 saturated carbocycles. The molecule has 3 aliphatic heterocycles. The van der Waals surface area contributed by atoms with Crippen LogP contribution < -0.4 is 26.4 Å². The molecule has 3 heterocycles. The first-order valence-corrected chi connectivity index (χ1v) is 8.46. The highest BCUT2D eigenvalue weighted by Gasteiger charge is 2.23. The highest BCUT2D eigenvalue weighted by molar-refractivity contribution is 7.80. The average Bonchev–Trinajstić information content (AvgIpc) is 3.01. The van der Waals surface area contributed by atoms with Crippen molar-refractivity contribution in [2.45, 2.75) is 25.8 Å². The van der Waals surface area contributed by atoms with Gasteiger partial charge in [0.2, 0.25) is 0 Å². The summed E-state index contributed by atoms with van der Waals surface area (Å²) in [6.07, 6.45) is 14.6. The first-order chi connectivity index (χ1) is 11.2. The third kappa shape index (κ3) is 2.51. The van der Waals surface area contributed by atoms with E-state index in [-0.39, 0.29) is 0 Å². The molecule has 0 amide bonds. The maximum Gasteiger partial charge on any atom is 0.173 e. The molecule has 4 rings (SSSR count). The summed E-state index contributed by atoms with van der Waals surface area (Å²) in [5.74, 6) is 0. The van der Waals surface area contributed by atoms with Gasteiger partial charge in [-0.25, -0.2) is 0 Å². The van der Waals surface area contributed by atoms with Crippen LogP contribution in [-0.4, -0.2) is 22.6 Å². The molecule has 0 aromatic heterocycles. The van der Waals surface area contributed by atoms with Crippen LogP contribution in [0.4, 0.5) is 17.1 Å². The molecule has 1 aromatic carbocycles. The van der Waals surface area contributed by atoms with Crippen LogP contribution in [0.2, 0.25) is 0 Å². The molecule has 1 atom stereocenters. The van der Waals surface area contributed by atoms with E-state index in [0.717, 1.165) is 39.2 Å². The van der Waals surface area contributed by atoms with Crippen molar-refractivity contribution < 1.29 is 0 Å². The van der Waals surface area contributed by atoms with Crippen molar-refractivity contribution in [1.82, 2.24) is 4.90 Å². The predicted molar refractivity (Wildman–Crippen MR) is 102 cm³/mol. The Bertz CT molecular complexity index is 838. The Kier molecular flexibility index (Phi) is 3.58. The summed E-state index contributed by atoms with van der Waals surface area (Å²) in [4.78, 5) is 2.29. The Morgan fingerprint density at radius 1 is 1.22 bits per heavy atom. The number of anilines is 3. The summed E-state index contributed by atoms with van der Waals surface area (Å²) in [5.41, 5.74) is 3.24. The molecule has 0 bridgehead atoms. The summed E-state index contributed by atoms with van der Waals surface area (Å²) in [5, 5.41) is 13.3. The topological polar surface area (TPSA) is 39.3 Å². The Hall–Kier alpha value is -2.27. The second-order valence-electron chi connectivity index (χ2n) is 6.13. The minimum atomic E-state index is 0.515. The van der Waals surface area contributed by atoms with Crippen LogP contribution in [0.15, 0.2) is 30.6 Å². The number of fused-ring (bicyclic) bond motifs is 3. The highest BCUT2D eigenvalue weighted by Crippen LogP contribution is 2.21. The number of thiocarbonyl (C=S) groups is 1. The molecule has 5 heteroatoms. The normalized spacial score (nSPS) is 20.6. The molecule has 0 radical (unpaired) electrons. The van der Waals surface area contributed by atoms with Crippen LogP contribution in [0.25, 0.3) is 12.2 Å². The Labute approximate surface area is 141 Å². The van der Waals surface area contributed by atoms with Gasteiger partial charge in [0.15, 0.2) is 5.11 Å². The van der Waals surface area contributed by atoms with E-state index >= 15 is 0 Å². The number of hydrogen-bond acceptors (Lipinski definition) is 3. The Morgan fingerprint density at radius 2 is 2.00 bits per heavy atom. The first kappa shape index (κ1) is 14.3. The van der Waals surface area contributed by atoms with E-state index in [1.54, 1.807) is 0 Å². The van der Waals surface area contributed by atoms with Crippen molar-refractivity contribution in [1.29, 1.82) is 0 Å². The minimum Gasteiger partial charge on any atom is -0.359 e. The fraction of sp³-hybridized carbons (Fsp3) is 0.278. The molecule has 4 nitrogen and oxygen atoms in total. The molecule has 1 fully saturated rings. The lowest BCUT2D eigenvalue weighted by atomic mass is 10.1. The summed E-state index contributed by atoms with van der Waals surface area (Å²) in [6.45, 7) is 3.28. The zero-order chi connectivity index (χ0) is 15.8. The monoisotopic (exact) mass is 324 g/mol. The molecule has 0 aliphatic carbocycles. The molecule has 0 spiro atoms. The number of benzene rings is 1. The van der Waals surface area contributed by atoms with Gasteiger partial charge in [0, 0.05) is 35.4 Å². The standard InChI is InChI=1S/C18H20N4S/c1-12-5-4-10-22(12)18(23)21-15-11-13-6-2-8-19-16(13)17-14(15)7-3-9-20-17/h2-3,6-9,11-12,19-20H,4-5,10H2,1H3,(H,21,23). The van der Waals surface area contributed by atoms with Gasteiger partial charge in [0.1, 0.15) is 0 Å². The lowest BCUT2D eigenvalue weighted by Crippen LogP contribution is -2.38. The molecule has 1 saturated heterocycles. The van der Waals surface area contributed by atoms with E-state index in [2.05, 4.69) is 46.0 Å². The maximum absolute atomic E-state index is 5.66. The predicted octanol–water partition coefficient (Wildman–Crippen LogP) is 2.31. The van der Waals surface area contributed by atoms with Crippen molar-refractivity contribution in [3.63, 3.8) is 0 Å². The van der Waals surface area contributed by atoms with Crippen molar-refractivity contribution in [3.8, 4) is 0 Å². The number of allylic oxidation sites excluding steroid dienone is 2. The zero-order valence-electron chi connectivity index (χ0n) is 13.1.